The third-order valence-electron chi connectivity index (χ3n) is 14.9. The first kappa shape index (κ1) is 31.6. The van der Waals surface area contributed by atoms with Crippen molar-refractivity contribution in [2.75, 3.05) is 0 Å². The number of esters is 1. The normalized spacial score (nSPS) is 45.9. The van der Waals surface area contributed by atoms with Crippen LogP contribution in [0.1, 0.15) is 126 Å². The fraction of sp³-hybridized carbons (Fsp3) is 0.861. The average Bonchev–Trinajstić information content (AvgIpc) is 3.27. The van der Waals surface area contributed by atoms with E-state index in [9.17, 15) is 24.6 Å². The fourth-order valence-electron chi connectivity index (χ4n) is 12.3. The van der Waals surface area contributed by atoms with Gasteiger partial charge in [0.1, 0.15) is 6.10 Å². The van der Waals surface area contributed by atoms with Gasteiger partial charge in [-0.15, -0.1) is 0 Å². The van der Waals surface area contributed by atoms with Gasteiger partial charge >= 0.3 is 17.9 Å². The predicted molar refractivity (Wildman–Crippen MR) is 163 cm³/mol. The maximum absolute atomic E-state index is 12.9. The molecule has 2 unspecified atom stereocenters. The first-order valence-corrected chi connectivity index (χ1v) is 16.6. The highest BCUT2D eigenvalue weighted by Crippen LogP contribution is 2.77. The van der Waals surface area contributed by atoms with Crippen molar-refractivity contribution in [2.24, 2.45) is 62.1 Å². The molecule has 5 rings (SSSR count). The zero-order valence-corrected chi connectivity index (χ0v) is 27.5. The summed E-state index contributed by atoms with van der Waals surface area (Å²) in [5, 5.41) is 20.1. The Bertz CT molecular complexity index is 1170. The van der Waals surface area contributed by atoms with Gasteiger partial charge in [0.25, 0.3) is 0 Å². The minimum Gasteiger partial charge on any atom is -0.481 e. The second-order valence-corrected chi connectivity index (χ2v) is 17.4. The minimum absolute atomic E-state index is 0.0847. The zero-order valence-electron chi connectivity index (χ0n) is 27.5. The number of fused-ring (bicyclic) bond motifs is 7. The molecule has 0 saturated heterocycles. The number of aliphatic carboxylic acids is 2. The molecule has 10 atom stereocenters. The van der Waals surface area contributed by atoms with Gasteiger partial charge in [0, 0.05) is 5.41 Å². The molecule has 0 aliphatic heterocycles. The Morgan fingerprint density at radius 3 is 2.10 bits per heavy atom. The lowest BCUT2D eigenvalue weighted by Crippen LogP contribution is -2.67. The van der Waals surface area contributed by atoms with Gasteiger partial charge in [-0.1, -0.05) is 46.8 Å². The molecular formula is C36H56O6. The molecule has 42 heavy (non-hydrogen) atoms. The van der Waals surface area contributed by atoms with E-state index in [4.69, 9.17) is 4.74 Å². The summed E-state index contributed by atoms with van der Waals surface area (Å²) < 4.78 is 6.10. The standard InChI is InChI=1S/C36H56O6/c1-21(2)22-12-17-36(30(40)41)19-18-34(8)23(28(22)36)10-11-25-33(7)15-14-26(42-27(37)20-31(3,4)29(38)39)32(5,6)24(33)13-16-35(25,34)9/h22-26,28H,1,10-20H2,2-9H3,(H,38,39)(H,40,41)/t22?,23-,24+,25-,26?,28-,33+,34-,35-,36+/m1/s1. The molecule has 0 radical (unpaired) electrons. The van der Waals surface area contributed by atoms with Crippen LogP contribution in [-0.4, -0.2) is 34.2 Å². The van der Waals surface area contributed by atoms with Crippen LogP contribution in [0.5, 0.6) is 0 Å². The molecule has 0 spiro atoms. The monoisotopic (exact) mass is 584 g/mol. The molecule has 6 nitrogen and oxygen atoms in total. The van der Waals surface area contributed by atoms with Crippen molar-refractivity contribution in [2.45, 2.75) is 132 Å². The molecule has 0 aromatic carbocycles. The Labute approximate surface area is 253 Å². The Balaban J connectivity index is 1.42. The minimum atomic E-state index is -1.15. The molecule has 6 heteroatoms. The van der Waals surface area contributed by atoms with Gasteiger partial charge in [-0.05, 0) is 131 Å². The van der Waals surface area contributed by atoms with E-state index in [1.165, 1.54) is 0 Å². The van der Waals surface area contributed by atoms with Crippen LogP contribution in [0.4, 0.5) is 0 Å². The molecule has 0 aromatic heterocycles. The topological polar surface area (TPSA) is 101 Å². The Hall–Kier alpha value is -1.85. The molecule has 5 fully saturated rings. The molecule has 0 aromatic rings. The number of hydrogen-bond donors (Lipinski definition) is 2. The zero-order chi connectivity index (χ0) is 31.3. The van der Waals surface area contributed by atoms with E-state index < -0.39 is 28.7 Å². The summed E-state index contributed by atoms with van der Waals surface area (Å²) >= 11 is 0. The second-order valence-electron chi connectivity index (χ2n) is 17.4. The average molecular weight is 585 g/mol. The van der Waals surface area contributed by atoms with Gasteiger partial charge in [0.2, 0.25) is 0 Å². The lowest BCUT2D eigenvalue weighted by atomic mass is 9.32. The summed E-state index contributed by atoms with van der Waals surface area (Å²) in [5.41, 5.74) is -0.477. The van der Waals surface area contributed by atoms with Crippen molar-refractivity contribution in [3.05, 3.63) is 12.2 Å². The van der Waals surface area contributed by atoms with Crippen molar-refractivity contribution in [1.29, 1.82) is 0 Å². The van der Waals surface area contributed by atoms with Crippen LogP contribution in [0.25, 0.3) is 0 Å². The van der Waals surface area contributed by atoms with Gasteiger partial charge in [-0.3, -0.25) is 14.4 Å². The van der Waals surface area contributed by atoms with Crippen LogP contribution in [-0.2, 0) is 19.1 Å². The Morgan fingerprint density at radius 1 is 0.833 bits per heavy atom. The molecule has 5 aliphatic rings. The summed E-state index contributed by atoms with van der Waals surface area (Å²) in [5.74, 6) is -0.165. The third kappa shape index (κ3) is 4.19. The smallest absolute Gasteiger partial charge is 0.309 e. The number of rotatable bonds is 6. The number of carbonyl (C=O) groups excluding carboxylic acids is 1. The molecule has 0 amide bonds. The van der Waals surface area contributed by atoms with Crippen LogP contribution in [0.2, 0.25) is 0 Å². The summed E-state index contributed by atoms with van der Waals surface area (Å²) in [7, 11) is 0. The van der Waals surface area contributed by atoms with Crippen LogP contribution in [0.15, 0.2) is 12.2 Å². The highest BCUT2D eigenvalue weighted by molar-refractivity contribution is 5.81. The number of carbonyl (C=O) groups is 3. The molecule has 236 valence electrons. The molecule has 2 N–H and O–H groups in total. The van der Waals surface area contributed by atoms with Crippen LogP contribution in [0.3, 0.4) is 0 Å². The van der Waals surface area contributed by atoms with Crippen molar-refractivity contribution >= 4 is 17.9 Å². The number of carboxylic acid groups (broad SMARTS) is 2. The Kier molecular flexibility index (Phi) is 7.39. The van der Waals surface area contributed by atoms with Crippen molar-refractivity contribution in [3.63, 3.8) is 0 Å². The summed E-state index contributed by atoms with van der Waals surface area (Å²) in [6.07, 6.45) is 9.38. The SMILES string of the molecule is C=C(C)C1CC[C@]2(C(=O)O)CC[C@]3(C)[C@H](CC[C@@H]4[C@@]5(C)CCC(OC(=O)CC(C)(C)C(=O)O)C(C)(C)[C@@H]5CC[C@]43C)[C@@H]12. The van der Waals surface area contributed by atoms with Gasteiger partial charge in [-0.2, -0.15) is 0 Å². The largest absolute Gasteiger partial charge is 0.481 e. The van der Waals surface area contributed by atoms with Crippen LogP contribution >= 0.6 is 0 Å². The molecule has 5 saturated carbocycles. The maximum atomic E-state index is 12.9. The van der Waals surface area contributed by atoms with E-state index in [0.717, 1.165) is 69.8 Å². The third-order valence-corrected chi connectivity index (χ3v) is 14.9. The summed E-state index contributed by atoms with van der Waals surface area (Å²) in [6.45, 7) is 21.7. The first-order chi connectivity index (χ1) is 19.3. The number of hydrogen-bond acceptors (Lipinski definition) is 4. The van der Waals surface area contributed by atoms with Gasteiger partial charge in [0.05, 0.1) is 17.3 Å². The van der Waals surface area contributed by atoms with E-state index in [1.807, 2.05) is 0 Å². The number of allylic oxidation sites excluding steroid dienone is 1. The quantitative estimate of drug-likeness (QED) is 0.241. The van der Waals surface area contributed by atoms with Crippen LogP contribution in [0, 0.1) is 62.1 Å². The second kappa shape index (κ2) is 9.83. The van der Waals surface area contributed by atoms with E-state index in [-0.39, 0.29) is 40.1 Å². The van der Waals surface area contributed by atoms with E-state index in [0.29, 0.717) is 23.7 Å². The molecular weight excluding hydrogens is 528 g/mol. The van der Waals surface area contributed by atoms with E-state index in [1.54, 1.807) is 13.8 Å². The molecule has 0 bridgehead atoms. The number of ether oxygens (including phenoxy) is 1. The van der Waals surface area contributed by atoms with Gasteiger partial charge in [-0.25, -0.2) is 0 Å². The fourth-order valence-corrected chi connectivity index (χ4v) is 12.3. The highest BCUT2D eigenvalue weighted by atomic mass is 16.5. The summed E-state index contributed by atoms with van der Waals surface area (Å²) in [6, 6.07) is 0. The lowest BCUT2D eigenvalue weighted by Gasteiger charge is -2.72. The highest BCUT2D eigenvalue weighted by Gasteiger charge is 2.72. The maximum Gasteiger partial charge on any atom is 0.309 e. The van der Waals surface area contributed by atoms with Crippen LogP contribution < -0.4 is 0 Å². The lowest BCUT2D eigenvalue weighted by molar-refractivity contribution is -0.250. The summed E-state index contributed by atoms with van der Waals surface area (Å²) in [4.78, 5) is 37.5. The van der Waals surface area contributed by atoms with Gasteiger partial charge < -0.3 is 14.9 Å². The van der Waals surface area contributed by atoms with Crippen molar-refractivity contribution in [1.82, 2.24) is 0 Å². The number of carboxylic acids is 2. The Morgan fingerprint density at radius 2 is 1.50 bits per heavy atom. The first-order valence-electron chi connectivity index (χ1n) is 16.6. The molecule has 0 heterocycles. The predicted octanol–water partition coefficient (Wildman–Crippen LogP) is 8.14. The molecule has 5 aliphatic carbocycles. The van der Waals surface area contributed by atoms with E-state index in [2.05, 4.69) is 48.1 Å². The van der Waals surface area contributed by atoms with E-state index >= 15 is 0 Å². The van der Waals surface area contributed by atoms with Gasteiger partial charge in [0.15, 0.2) is 0 Å². The van der Waals surface area contributed by atoms with Crippen molar-refractivity contribution < 1.29 is 29.3 Å². The van der Waals surface area contributed by atoms with Crippen molar-refractivity contribution in [3.8, 4) is 0 Å².